The molecular weight excluding hydrogens is 446 g/mol. The van der Waals surface area contributed by atoms with Gasteiger partial charge in [-0.15, -0.1) is 11.3 Å². The molecule has 0 aliphatic carbocycles. The third-order valence-corrected chi connectivity index (χ3v) is 5.83. The molecule has 0 bridgehead atoms. The Bertz CT molecular complexity index is 1190. The second-order valence-electron chi connectivity index (χ2n) is 6.49. The van der Waals surface area contributed by atoms with Gasteiger partial charge in [0.2, 0.25) is 5.91 Å². The zero-order chi connectivity index (χ0) is 21.1. The fraction of sp³-hybridized carbons (Fsp3) is 0.0952. The monoisotopic (exact) mass is 460 g/mol. The van der Waals surface area contributed by atoms with Crippen LogP contribution in [0.25, 0.3) is 10.6 Å². The average Bonchev–Trinajstić information content (AvgIpc) is 3.34. The van der Waals surface area contributed by atoms with Gasteiger partial charge in [0.1, 0.15) is 16.6 Å². The maximum absolute atomic E-state index is 13.1. The van der Waals surface area contributed by atoms with Crippen molar-refractivity contribution in [2.75, 3.05) is 5.32 Å². The van der Waals surface area contributed by atoms with Crippen LogP contribution >= 0.6 is 34.5 Å². The highest BCUT2D eigenvalue weighted by Crippen LogP contribution is 2.25. The normalized spacial score (nSPS) is 10.9. The van der Waals surface area contributed by atoms with Crippen LogP contribution in [0.4, 0.5) is 10.2 Å². The summed E-state index contributed by atoms with van der Waals surface area (Å²) in [6.07, 6.45) is 1.72. The Kier molecular flexibility index (Phi) is 6.13. The quantitative estimate of drug-likeness (QED) is 0.402. The molecule has 2 aromatic carbocycles. The first kappa shape index (κ1) is 20.5. The molecular formula is C21H15Cl2FN4OS. The van der Waals surface area contributed by atoms with Gasteiger partial charge in [-0.3, -0.25) is 4.79 Å². The Morgan fingerprint density at radius 1 is 1.13 bits per heavy atom. The van der Waals surface area contributed by atoms with Gasteiger partial charge in [0.25, 0.3) is 0 Å². The van der Waals surface area contributed by atoms with Crippen molar-refractivity contribution in [1.82, 2.24) is 14.8 Å². The summed E-state index contributed by atoms with van der Waals surface area (Å²) < 4.78 is 14.7. The summed E-state index contributed by atoms with van der Waals surface area (Å²) in [5.74, 6) is 0.0429. The van der Waals surface area contributed by atoms with Crippen LogP contribution in [0.5, 0.6) is 0 Å². The molecule has 0 unspecified atom stereocenters. The van der Waals surface area contributed by atoms with Gasteiger partial charge in [-0.25, -0.2) is 14.1 Å². The zero-order valence-electron chi connectivity index (χ0n) is 15.5. The third-order valence-electron chi connectivity index (χ3n) is 4.30. The first-order chi connectivity index (χ1) is 14.5. The summed E-state index contributed by atoms with van der Waals surface area (Å²) in [6, 6.07) is 13.1. The molecule has 5 nitrogen and oxygen atoms in total. The molecule has 0 saturated carbocycles. The molecule has 2 aromatic heterocycles. The number of benzene rings is 2. The van der Waals surface area contributed by atoms with E-state index in [9.17, 15) is 9.18 Å². The van der Waals surface area contributed by atoms with Crippen LogP contribution in [-0.2, 0) is 17.8 Å². The summed E-state index contributed by atoms with van der Waals surface area (Å²) in [7, 11) is 0. The number of nitrogens with zero attached hydrogens (tertiary/aromatic N) is 3. The fourth-order valence-corrected chi connectivity index (χ4v) is 4.13. The van der Waals surface area contributed by atoms with E-state index in [4.69, 9.17) is 23.2 Å². The highest BCUT2D eigenvalue weighted by Gasteiger charge is 2.13. The highest BCUT2D eigenvalue weighted by molar-refractivity contribution is 7.13. The molecule has 0 saturated heterocycles. The number of rotatable bonds is 6. The number of hydrogen-bond donors (Lipinski definition) is 1. The molecule has 1 N–H and O–H groups in total. The van der Waals surface area contributed by atoms with Gasteiger partial charge in [-0.2, -0.15) is 5.10 Å². The van der Waals surface area contributed by atoms with Gasteiger partial charge in [0.05, 0.1) is 24.9 Å². The van der Waals surface area contributed by atoms with Crippen molar-refractivity contribution in [2.24, 2.45) is 0 Å². The second kappa shape index (κ2) is 8.95. The SMILES string of the molecule is O=C(Cc1csc(-c2ccc(F)cc2)n1)Nc1ccnn1Cc1ccc(Cl)cc1Cl. The van der Waals surface area contributed by atoms with Crippen LogP contribution in [-0.4, -0.2) is 20.7 Å². The van der Waals surface area contributed by atoms with Gasteiger partial charge >= 0.3 is 0 Å². The van der Waals surface area contributed by atoms with Gasteiger partial charge < -0.3 is 5.32 Å². The minimum absolute atomic E-state index is 0.116. The average molecular weight is 461 g/mol. The molecule has 152 valence electrons. The van der Waals surface area contributed by atoms with Crippen molar-refractivity contribution in [2.45, 2.75) is 13.0 Å². The van der Waals surface area contributed by atoms with E-state index in [0.717, 1.165) is 16.1 Å². The lowest BCUT2D eigenvalue weighted by Crippen LogP contribution is -2.18. The number of carbonyl (C=O) groups excluding carboxylic acids is 1. The zero-order valence-corrected chi connectivity index (χ0v) is 17.8. The van der Waals surface area contributed by atoms with Gasteiger partial charge in [-0.05, 0) is 42.0 Å². The van der Waals surface area contributed by atoms with Gasteiger partial charge in [0, 0.05) is 27.1 Å². The molecule has 9 heteroatoms. The molecule has 4 aromatic rings. The Balaban J connectivity index is 1.42. The minimum Gasteiger partial charge on any atom is -0.311 e. The molecule has 0 aliphatic rings. The van der Waals surface area contributed by atoms with Crippen LogP contribution in [0.15, 0.2) is 60.1 Å². The topological polar surface area (TPSA) is 59.8 Å². The highest BCUT2D eigenvalue weighted by atomic mass is 35.5. The van der Waals surface area contributed by atoms with E-state index in [2.05, 4.69) is 15.4 Å². The first-order valence-corrected chi connectivity index (χ1v) is 10.6. The van der Waals surface area contributed by atoms with Crippen molar-refractivity contribution in [3.8, 4) is 10.6 Å². The van der Waals surface area contributed by atoms with Gasteiger partial charge in [-0.1, -0.05) is 29.3 Å². The number of halogens is 3. The summed E-state index contributed by atoms with van der Waals surface area (Å²) in [5.41, 5.74) is 2.29. The van der Waals surface area contributed by atoms with Gasteiger partial charge in [0.15, 0.2) is 0 Å². The molecule has 30 heavy (non-hydrogen) atoms. The summed E-state index contributed by atoms with van der Waals surface area (Å²) >= 11 is 13.6. The lowest BCUT2D eigenvalue weighted by molar-refractivity contribution is -0.115. The van der Waals surface area contributed by atoms with E-state index in [0.29, 0.717) is 28.1 Å². The first-order valence-electron chi connectivity index (χ1n) is 8.94. The molecule has 0 spiro atoms. The van der Waals surface area contributed by atoms with Crippen LogP contribution < -0.4 is 5.32 Å². The van der Waals surface area contributed by atoms with E-state index in [1.807, 2.05) is 11.4 Å². The third kappa shape index (κ3) is 4.87. The minimum atomic E-state index is -0.300. The predicted molar refractivity (Wildman–Crippen MR) is 118 cm³/mol. The van der Waals surface area contributed by atoms with Crippen LogP contribution in [0.3, 0.4) is 0 Å². The van der Waals surface area contributed by atoms with E-state index in [-0.39, 0.29) is 18.1 Å². The number of hydrogen-bond acceptors (Lipinski definition) is 4. The number of thiazole rings is 1. The van der Waals surface area contributed by atoms with Crippen LogP contribution in [0.2, 0.25) is 10.0 Å². The maximum atomic E-state index is 13.1. The molecule has 0 aliphatic heterocycles. The van der Waals surface area contributed by atoms with E-state index >= 15 is 0 Å². The van der Waals surface area contributed by atoms with Crippen molar-refractivity contribution in [3.05, 3.63) is 87.2 Å². The van der Waals surface area contributed by atoms with Crippen molar-refractivity contribution < 1.29 is 9.18 Å². The molecule has 0 radical (unpaired) electrons. The van der Waals surface area contributed by atoms with Crippen LogP contribution in [0, 0.1) is 5.82 Å². The van der Waals surface area contributed by atoms with E-state index < -0.39 is 0 Å². The van der Waals surface area contributed by atoms with E-state index in [1.165, 1.54) is 23.5 Å². The summed E-state index contributed by atoms with van der Waals surface area (Å²) in [4.78, 5) is 17.0. The predicted octanol–water partition coefficient (Wildman–Crippen LogP) is 5.68. The second-order valence-corrected chi connectivity index (χ2v) is 8.19. The van der Waals surface area contributed by atoms with Crippen molar-refractivity contribution in [3.63, 3.8) is 0 Å². The maximum Gasteiger partial charge on any atom is 0.231 e. The number of carbonyl (C=O) groups is 1. The molecule has 4 rings (SSSR count). The van der Waals surface area contributed by atoms with Crippen molar-refractivity contribution >= 4 is 46.3 Å². The van der Waals surface area contributed by atoms with Crippen LogP contribution in [0.1, 0.15) is 11.3 Å². The fourth-order valence-electron chi connectivity index (χ4n) is 2.84. The Morgan fingerprint density at radius 3 is 2.70 bits per heavy atom. The lowest BCUT2D eigenvalue weighted by Gasteiger charge is -2.10. The Morgan fingerprint density at radius 2 is 1.93 bits per heavy atom. The summed E-state index contributed by atoms with van der Waals surface area (Å²) in [6.45, 7) is 0.393. The summed E-state index contributed by atoms with van der Waals surface area (Å²) in [5, 5.41) is 10.8. The Labute approximate surface area is 186 Å². The lowest BCUT2D eigenvalue weighted by atomic mass is 10.2. The smallest absolute Gasteiger partial charge is 0.231 e. The Hall–Kier alpha value is -2.74. The van der Waals surface area contributed by atoms with E-state index in [1.54, 1.807) is 41.2 Å². The number of anilines is 1. The largest absolute Gasteiger partial charge is 0.311 e. The van der Waals surface area contributed by atoms with Crippen molar-refractivity contribution in [1.29, 1.82) is 0 Å². The number of nitrogens with one attached hydrogen (secondary N) is 1. The molecule has 0 fully saturated rings. The number of aromatic nitrogens is 3. The standard InChI is InChI=1S/C21H15Cl2FN4OS/c22-15-4-1-14(18(23)9-15)11-28-19(7-8-25-28)27-20(29)10-17-12-30-21(26-17)13-2-5-16(24)6-3-13/h1-9,12H,10-11H2,(H,27,29). The molecule has 2 heterocycles. The molecule has 0 atom stereocenters. The number of amides is 1. The molecule has 1 amide bonds.